The molecule has 100 valence electrons. The van der Waals surface area contributed by atoms with Crippen LogP contribution in [0.2, 0.25) is 0 Å². The minimum atomic E-state index is -0.908. The molecule has 0 amide bonds. The largest absolute Gasteiger partial charge is 0.496 e. The first kappa shape index (κ1) is 14.2. The number of hydrogen-bond acceptors (Lipinski definition) is 4. The van der Waals surface area contributed by atoms with E-state index in [2.05, 4.69) is 0 Å². The van der Waals surface area contributed by atoms with Crippen LogP contribution in [-0.4, -0.2) is 30.9 Å². The third-order valence-electron chi connectivity index (χ3n) is 2.30. The number of aliphatic carboxylic acids is 1. The lowest BCUT2D eigenvalue weighted by atomic mass is 10.1. The summed E-state index contributed by atoms with van der Waals surface area (Å²) >= 11 is 0. The molecule has 0 saturated carbocycles. The molecule has 1 rings (SSSR count). The van der Waals surface area contributed by atoms with Gasteiger partial charge < -0.3 is 19.3 Å². The van der Waals surface area contributed by atoms with E-state index >= 15 is 0 Å². The first-order valence-electron chi connectivity index (χ1n) is 5.50. The smallest absolute Gasteiger partial charge is 0.307 e. The van der Waals surface area contributed by atoms with Gasteiger partial charge in [0.25, 0.3) is 0 Å². The van der Waals surface area contributed by atoms with Crippen LogP contribution < -0.4 is 14.2 Å². The minimum Gasteiger partial charge on any atom is -0.496 e. The fraction of sp³-hybridized carbons (Fsp3) is 0.462. The highest BCUT2D eigenvalue weighted by molar-refractivity contribution is 5.68. The predicted octanol–water partition coefficient (Wildman–Crippen LogP) is 2.34. The molecule has 0 atom stereocenters. The van der Waals surface area contributed by atoms with Crippen molar-refractivity contribution < 1.29 is 24.1 Å². The van der Waals surface area contributed by atoms with Crippen LogP contribution in [0.1, 0.15) is 20.3 Å². The second kappa shape index (κ2) is 5.62. The van der Waals surface area contributed by atoms with Gasteiger partial charge in [0, 0.05) is 18.2 Å². The van der Waals surface area contributed by atoms with E-state index in [-0.39, 0.29) is 6.42 Å². The number of ether oxygens (including phenoxy) is 3. The van der Waals surface area contributed by atoms with Gasteiger partial charge in [0.15, 0.2) is 0 Å². The molecule has 0 heterocycles. The fourth-order valence-corrected chi connectivity index (χ4v) is 1.56. The van der Waals surface area contributed by atoms with E-state index in [4.69, 9.17) is 19.3 Å². The standard InChI is InChI=1S/C13H18O5/c1-13(2,8-12(14)15)18-11-6-9(16-3)5-10(7-11)17-4/h5-7H,8H2,1-4H3,(H,14,15). The Hall–Kier alpha value is -1.91. The molecule has 0 unspecified atom stereocenters. The second-order valence-corrected chi connectivity index (χ2v) is 4.48. The molecular formula is C13H18O5. The fourth-order valence-electron chi connectivity index (χ4n) is 1.56. The third kappa shape index (κ3) is 4.16. The molecule has 0 radical (unpaired) electrons. The SMILES string of the molecule is COc1cc(OC)cc(OC(C)(C)CC(=O)O)c1. The van der Waals surface area contributed by atoms with Gasteiger partial charge in [-0.2, -0.15) is 0 Å². The van der Waals surface area contributed by atoms with Crippen LogP contribution in [0.3, 0.4) is 0 Å². The molecule has 1 aromatic rings. The summed E-state index contributed by atoms with van der Waals surface area (Å²) in [5.41, 5.74) is -0.802. The molecule has 18 heavy (non-hydrogen) atoms. The molecule has 0 aliphatic heterocycles. The van der Waals surface area contributed by atoms with Gasteiger partial charge in [-0.15, -0.1) is 0 Å². The highest BCUT2D eigenvalue weighted by Gasteiger charge is 2.24. The lowest BCUT2D eigenvalue weighted by Gasteiger charge is -2.25. The van der Waals surface area contributed by atoms with Crippen molar-refractivity contribution in [3.8, 4) is 17.2 Å². The van der Waals surface area contributed by atoms with Gasteiger partial charge in [0.1, 0.15) is 22.8 Å². The highest BCUT2D eigenvalue weighted by atomic mass is 16.5. The summed E-state index contributed by atoms with van der Waals surface area (Å²) < 4.78 is 15.9. The van der Waals surface area contributed by atoms with Crippen LogP contribution in [-0.2, 0) is 4.79 Å². The molecule has 0 fully saturated rings. The van der Waals surface area contributed by atoms with Crippen molar-refractivity contribution >= 4 is 5.97 Å². The van der Waals surface area contributed by atoms with Gasteiger partial charge in [-0.3, -0.25) is 4.79 Å². The van der Waals surface area contributed by atoms with E-state index in [1.807, 2.05) is 0 Å². The molecule has 0 aromatic heterocycles. The van der Waals surface area contributed by atoms with Crippen LogP contribution in [0.5, 0.6) is 17.2 Å². The lowest BCUT2D eigenvalue weighted by Crippen LogP contribution is -2.31. The molecule has 1 aromatic carbocycles. The highest BCUT2D eigenvalue weighted by Crippen LogP contribution is 2.30. The Morgan fingerprint density at radius 2 is 1.56 bits per heavy atom. The summed E-state index contributed by atoms with van der Waals surface area (Å²) in [6, 6.07) is 5.09. The summed E-state index contributed by atoms with van der Waals surface area (Å²) in [5.74, 6) is 0.790. The summed E-state index contributed by atoms with van der Waals surface area (Å²) in [4.78, 5) is 10.7. The minimum absolute atomic E-state index is 0.0907. The van der Waals surface area contributed by atoms with Crippen molar-refractivity contribution in [1.29, 1.82) is 0 Å². The van der Waals surface area contributed by atoms with Gasteiger partial charge >= 0.3 is 5.97 Å². The number of carbonyl (C=O) groups is 1. The van der Waals surface area contributed by atoms with Gasteiger partial charge in [-0.25, -0.2) is 0 Å². The van der Waals surface area contributed by atoms with Crippen molar-refractivity contribution in [1.82, 2.24) is 0 Å². The number of rotatable bonds is 6. The summed E-state index contributed by atoms with van der Waals surface area (Å²) in [7, 11) is 3.09. The van der Waals surface area contributed by atoms with Gasteiger partial charge in [0.05, 0.1) is 20.6 Å². The number of carboxylic acid groups (broad SMARTS) is 1. The summed E-state index contributed by atoms with van der Waals surface area (Å²) in [6.07, 6.45) is -0.0907. The predicted molar refractivity (Wildman–Crippen MR) is 66.5 cm³/mol. The van der Waals surface area contributed by atoms with Crippen LogP contribution >= 0.6 is 0 Å². The molecule has 0 spiro atoms. The van der Waals surface area contributed by atoms with Crippen LogP contribution in [0.15, 0.2) is 18.2 Å². The maximum absolute atomic E-state index is 10.7. The molecular weight excluding hydrogens is 236 g/mol. The van der Waals surface area contributed by atoms with Crippen molar-refractivity contribution in [2.24, 2.45) is 0 Å². The normalized spacial score (nSPS) is 10.9. The monoisotopic (exact) mass is 254 g/mol. The molecule has 0 aliphatic rings. The Kier molecular flexibility index (Phi) is 4.42. The summed E-state index contributed by atoms with van der Waals surface area (Å²) in [5, 5.41) is 8.80. The molecule has 0 aliphatic carbocycles. The number of benzene rings is 1. The topological polar surface area (TPSA) is 65.0 Å². The van der Waals surface area contributed by atoms with E-state index in [0.29, 0.717) is 17.2 Å². The van der Waals surface area contributed by atoms with Gasteiger partial charge in [-0.1, -0.05) is 0 Å². The van der Waals surface area contributed by atoms with Crippen molar-refractivity contribution in [3.05, 3.63) is 18.2 Å². The first-order chi connectivity index (χ1) is 8.36. The molecule has 5 heteroatoms. The quantitative estimate of drug-likeness (QED) is 0.844. The number of methoxy groups -OCH3 is 2. The number of carboxylic acids is 1. The Morgan fingerprint density at radius 3 is 1.94 bits per heavy atom. The Morgan fingerprint density at radius 1 is 1.11 bits per heavy atom. The molecule has 5 nitrogen and oxygen atoms in total. The zero-order valence-electron chi connectivity index (χ0n) is 11.0. The van der Waals surface area contributed by atoms with Gasteiger partial charge in [0.2, 0.25) is 0 Å². The number of hydrogen-bond donors (Lipinski definition) is 1. The van der Waals surface area contributed by atoms with Gasteiger partial charge in [-0.05, 0) is 13.8 Å². The van der Waals surface area contributed by atoms with Crippen LogP contribution in [0.25, 0.3) is 0 Å². The van der Waals surface area contributed by atoms with Crippen LogP contribution in [0.4, 0.5) is 0 Å². The third-order valence-corrected chi connectivity index (χ3v) is 2.30. The maximum atomic E-state index is 10.7. The van der Waals surface area contributed by atoms with E-state index in [1.165, 1.54) is 0 Å². The Bertz CT molecular complexity index is 403. The van der Waals surface area contributed by atoms with Crippen molar-refractivity contribution in [2.45, 2.75) is 25.9 Å². The molecule has 0 saturated heterocycles. The second-order valence-electron chi connectivity index (χ2n) is 4.48. The lowest BCUT2D eigenvalue weighted by molar-refractivity contribution is -0.140. The summed E-state index contributed by atoms with van der Waals surface area (Å²) in [6.45, 7) is 3.43. The van der Waals surface area contributed by atoms with E-state index in [9.17, 15) is 4.79 Å². The average Bonchev–Trinajstić information content (AvgIpc) is 2.25. The molecule has 0 bridgehead atoms. The maximum Gasteiger partial charge on any atom is 0.307 e. The van der Waals surface area contributed by atoms with E-state index < -0.39 is 11.6 Å². The Labute approximate surface area is 106 Å². The Balaban J connectivity index is 2.92. The van der Waals surface area contributed by atoms with Crippen molar-refractivity contribution in [3.63, 3.8) is 0 Å². The first-order valence-corrected chi connectivity index (χ1v) is 5.50. The molecule has 1 N–H and O–H groups in total. The van der Waals surface area contributed by atoms with E-state index in [1.54, 1.807) is 46.3 Å². The zero-order chi connectivity index (χ0) is 13.8. The van der Waals surface area contributed by atoms with E-state index in [0.717, 1.165) is 0 Å². The van der Waals surface area contributed by atoms with Crippen molar-refractivity contribution in [2.75, 3.05) is 14.2 Å². The van der Waals surface area contributed by atoms with Crippen LogP contribution in [0, 0.1) is 0 Å². The zero-order valence-corrected chi connectivity index (χ0v) is 11.0. The average molecular weight is 254 g/mol.